The van der Waals surface area contributed by atoms with Gasteiger partial charge < -0.3 is 11.1 Å². The van der Waals surface area contributed by atoms with E-state index in [9.17, 15) is 0 Å². The molecule has 0 unspecified atom stereocenters. The van der Waals surface area contributed by atoms with Gasteiger partial charge in [-0.15, -0.1) is 24.0 Å². The van der Waals surface area contributed by atoms with Crippen LogP contribution in [0.4, 0.5) is 0 Å². The summed E-state index contributed by atoms with van der Waals surface area (Å²) in [6.45, 7) is 7.12. The van der Waals surface area contributed by atoms with E-state index in [1.54, 1.807) is 0 Å². The number of halogens is 1. The van der Waals surface area contributed by atoms with Crippen molar-refractivity contribution in [3.05, 3.63) is 35.9 Å². The summed E-state index contributed by atoms with van der Waals surface area (Å²) in [6.07, 6.45) is 4.94. The van der Waals surface area contributed by atoms with Crippen molar-refractivity contribution in [2.75, 3.05) is 6.54 Å². The smallest absolute Gasteiger partial charge is 0.189 e. The van der Waals surface area contributed by atoms with Crippen LogP contribution in [-0.2, 0) is 6.42 Å². The fraction of sp³-hybridized carbons (Fsp3) is 0.588. The highest BCUT2D eigenvalue weighted by Crippen LogP contribution is 2.43. The lowest BCUT2D eigenvalue weighted by Crippen LogP contribution is -2.46. The molecule has 21 heavy (non-hydrogen) atoms. The Morgan fingerprint density at radius 2 is 1.86 bits per heavy atom. The SMILES string of the molecule is CC(C)(C)NC(N)=NCC1(Cc2ccccc2)CCC1.I. The van der Waals surface area contributed by atoms with Gasteiger partial charge in [-0.1, -0.05) is 36.8 Å². The minimum Gasteiger partial charge on any atom is -0.370 e. The van der Waals surface area contributed by atoms with Crippen LogP contribution in [0.5, 0.6) is 0 Å². The third-order valence-corrected chi connectivity index (χ3v) is 3.92. The number of nitrogens with one attached hydrogen (secondary N) is 1. The average molecular weight is 401 g/mol. The summed E-state index contributed by atoms with van der Waals surface area (Å²) in [5.41, 5.74) is 7.68. The van der Waals surface area contributed by atoms with E-state index >= 15 is 0 Å². The highest BCUT2D eigenvalue weighted by Gasteiger charge is 2.36. The van der Waals surface area contributed by atoms with Crippen molar-refractivity contribution >= 4 is 29.9 Å². The summed E-state index contributed by atoms with van der Waals surface area (Å²) in [7, 11) is 0. The number of hydrogen-bond acceptors (Lipinski definition) is 1. The van der Waals surface area contributed by atoms with Gasteiger partial charge in [0.15, 0.2) is 5.96 Å². The zero-order valence-corrected chi connectivity index (χ0v) is 15.7. The Labute approximate surface area is 145 Å². The molecule has 1 fully saturated rings. The first-order chi connectivity index (χ1) is 9.39. The maximum absolute atomic E-state index is 5.98. The monoisotopic (exact) mass is 401 g/mol. The molecule has 0 spiro atoms. The quantitative estimate of drug-likeness (QED) is 0.459. The molecule has 0 bridgehead atoms. The molecule has 0 amide bonds. The Hall–Kier alpha value is -0.780. The van der Waals surface area contributed by atoms with Crippen LogP contribution < -0.4 is 11.1 Å². The molecule has 1 saturated carbocycles. The maximum Gasteiger partial charge on any atom is 0.189 e. The molecule has 0 aliphatic heterocycles. The fourth-order valence-electron chi connectivity index (χ4n) is 2.77. The topological polar surface area (TPSA) is 50.4 Å². The molecule has 1 aliphatic carbocycles. The van der Waals surface area contributed by atoms with Crippen molar-refractivity contribution < 1.29 is 0 Å². The second kappa shape index (κ2) is 7.47. The fourth-order valence-corrected chi connectivity index (χ4v) is 2.77. The van der Waals surface area contributed by atoms with Gasteiger partial charge in [-0.05, 0) is 51.0 Å². The third-order valence-electron chi connectivity index (χ3n) is 3.92. The predicted molar refractivity (Wildman–Crippen MR) is 101 cm³/mol. The lowest BCUT2D eigenvalue weighted by molar-refractivity contribution is 0.145. The van der Waals surface area contributed by atoms with Gasteiger partial charge in [0.05, 0.1) is 0 Å². The molecule has 3 N–H and O–H groups in total. The van der Waals surface area contributed by atoms with Gasteiger partial charge in [0.25, 0.3) is 0 Å². The van der Waals surface area contributed by atoms with Crippen molar-refractivity contribution in [2.24, 2.45) is 16.1 Å². The van der Waals surface area contributed by atoms with Crippen LogP contribution >= 0.6 is 24.0 Å². The number of hydrogen-bond donors (Lipinski definition) is 2. The van der Waals surface area contributed by atoms with E-state index in [0.29, 0.717) is 11.4 Å². The van der Waals surface area contributed by atoms with Gasteiger partial charge in [0.2, 0.25) is 0 Å². The zero-order valence-electron chi connectivity index (χ0n) is 13.4. The van der Waals surface area contributed by atoms with Crippen LogP contribution in [0, 0.1) is 5.41 Å². The first-order valence-corrected chi connectivity index (χ1v) is 7.51. The summed E-state index contributed by atoms with van der Waals surface area (Å²) < 4.78 is 0. The van der Waals surface area contributed by atoms with Crippen molar-refractivity contribution in [2.45, 2.75) is 52.0 Å². The lowest BCUT2D eigenvalue weighted by atomic mass is 9.65. The van der Waals surface area contributed by atoms with Crippen LogP contribution in [0.25, 0.3) is 0 Å². The largest absolute Gasteiger partial charge is 0.370 e. The molecule has 2 rings (SSSR count). The number of rotatable bonds is 4. The number of nitrogens with two attached hydrogens (primary N) is 1. The summed E-state index contributed by atoms with van der Waals surface area (Å²) >= 11 is 0. The van der Waals surface area contributed by atoms with E-state index in [2.05, 4.69) is 61.4 Å². The number of benzene rings is 1. The highest BCUT2D eigenvalue weighted by molar-refractivity contribution is 14.0. The van der Waals surface area contributed by atoms with E-state index in [1.807, 2.05) is 0 Å². The average Bonchev–Trinajstić information content (AvgIpc) is 2.31. The Balaban J connectivity index is 0.00000220. The molecule has 0 atom stereocenters. The predicted octanol–water partition coefficient (Wildman–Crippen LogP) is 3.72. The minimum absolute atomic E-state index is 0. The van der Waals surface area contributed by atoms with Crippen molar-refractivity contribution in [1.29, 1.82) is 0 Å². The standard InChI is InChI=1S/C17H27N3.HI/c1-16(2,3)20-15(18)19-13-17(10-7-11-17)12-14-8-5-4-6-9-14;/h4-6,8-9H,7,10-13H2,1-3H3,(H3,18,19,20);1H. The Kier molecular flexibility index (Phi) is 6.50. The Morgan fingerprint density at radius 1 is 1.24 bits per heavy atom. The highest BCUT2D eigenvalue weighted by atomic mass is 127. The molecule has 0 heterocycles. The number of nitrogens with zero attached hydrogens (tertiary/aromatic N) is 1. The van der Waals surface area contributed by atoms with E-state index in [4.69, 9.17) is 5.73 Å². The van der Waals surface area contributed by atoms with Crippen LogP contribution in [-0.4, -0.2) is 18.0 Å². The van der Waals surface area contributed by atoms with Gasteiger partial charge in [-0.25, -0.2) is 0 Å². The van der Waals surface area contributed by atoms with Gasteiger partial charge in [-0.3, -0.25) is 4.99 Å². The van der Waals surface area contributed by atoms with Crippen molar-refractivity contribution in [1.82, 2.24) is 5.32 Å². The molecule has 118 valence electrons. The summed E-state index contributed by atoms with van der Waals surface area (Å²) in [5.74, 6) is 0.567. The van der Waals surface area contributed by atoms with Gasteiger partial charge in [0, 0.05) is 12.1 Å². The third kappa shape index (κ3) is 5.85. The van der Waals surface area contributed by atoms with Gasteiger partial charge in [-0.2, -0.15) is 0 Å². The normalized spacial score (nSPS) is 17.6. The van der Waals surface area contributed by atoms with Crippen molar-refractivity contribution in [3.63, 3.8) is 0 Å². The molecule has 0 aromatic heterocycles. The van der Waals surface area contributed by atoms with Crippen molar-refractivity contribution in [3.8, 4) is 0 Å². The zero-order chi connectivity index (χ0) is 14.6. The summed E-state index contributed by atoms with van der Waals surface area (Å²) in [5, 5.41) is 3.23. The van der Waals surface area contributed by atoms with E-state index < -0.39 is 0 Å². The molecule has 3 nitrogen and oxygen atoms in total. The Morgan fingerprint density at radius 3 is 2.33 bits per heavy atom. The second-order valence-corrected chi connectivity index (χ2v) is 7.09. The first-order valence-electron chi connectivity index (χ1n) is 7.51. The van der Waals surface area contributed by atoms with Gasteiger partial charge in [0.1, 0.15) is 0 Å². The molecule has 0 radical (unpaired) electrons. The van der Waals surface area contributed by atoms with Gasteiger partial charge >= 0.3 is 0 Å². The van der Waals surface area contributed by atoms with E-state index in [-0.39, 0.29) is 29.5 Å². The number of aliphatic imine (C=N–C) groups is 1. The first kappa shape index (κ1) is 18.3. The molecule has 4 heteroatoms. The molecular formula is C17H28IN3. The maximum atomic E-state index is 5.98. The van der Waals surface area contributed by atoms with Crippen LogP contribution in [0.2, 0.25) is 0 Å². The Bertz CT molecular complexity index is 459. The lowest BCUT2D eigenvalue weighted by Gasteiger charge is -2.41. The molecule has 1 aromatic carbocycles. The number of guanidine groups is 1. The molecule has 1 aromatic rings. The van der Waals surface area contributed by atoms with Crippen LogP contribution in [0.15, 0.2) is 35.3 Å². The second-order valence-electron chi connectivity index (χ2n) is 7.09. The molecule has 0 saturated heterocycles. The summed E-state index contributed by atoms with van der Waals surface area (Å²) in [6, 6.07) is 10.7. The molecule has 1 aliphatic rings. The molecular weight excluding hydrogens is 373 g/mol. The summed E-state index contributed by atoms with van der Waals surface area (Å²) in [4.78, 5) is 4.58. The minimum atomic E-state index is -0.0280. The van der Waals surface area contributed by atoms with Crippen LogP contribution in [0.3, 0.4) is 0 Å². The van der Waals surface area contributed by atoms with E-state index in [1.165, 1.54) is 24.8 Å². The van der Waals surface area contributed by atoms with Crippen LogP contribution in [0.1, 0.15) is 45.6 Å². The van der Waals surface area contributed by atoms with E-state index in [0.717, 1.165) is 13.0 Å².